The summed E-state index contributed by atoms with van der Waals surface area (Å²) in [7, 11) is 1.31. The summed E-state index contributed by atoms with van der Waals surface area (Å²) in [5.41, 5.74) is 1.18. The summed E-state index contributed by atoms with van der Waals surface area (Å²) in [5.74, 6) is 1.36. The lowest BCUT2D eigenvalue weighted by Crippen LogP contribution is -2.23. The van der Waals surface area contributed by atoms with E-state index >= 15 is 0 Å². The average Bonchev–Trinajstić information content (AvgIpc) is 3.32. The van der Waals surface area contributed by atoms with Crippen LogP contribution in [0.4, 0.5) is 0 Å². The molecule has 0 saturated heterocycles. The highest BCUT2D eigenvalue weighted by Crippen LogP contribution is 2.36. The molecule has 3 aromatic heterocycles. The average molecular weight is 431 g/mol. The van der Waals surface area contributed by atoms with Crippen molar-refractivity contribution in [1.29, 1.82) is 0 Å². The SMILES string of the molecule is C=CCn1c(SCc2ccc(C(=O)OC)o2)nc2sc3c(c2c1=O)CC[C@H](C)C3. The minimum absolute atomic E-state index is 0.000789. The third-order valence-corrected chi connectivity index (χ3v) is 7.23. The largest absolute Gasteiger partial charge is 0.463 e. The van der Waals surface area contributed by atoms with Crippen molar-refractivity contribution in [3.63, 3.8) is 0 Å². The number of aromatic nitrogens is 2. The Morgan fingerprint density at radius 1 is 1.52 bits per heavy atom. The molecule has 3 heterocycles. The summed E-state index contributed by atoms with van der Waals surface area (Å²) in [6.07, 6.45) is 4.78. The number of hydrogen-bond donors (Lipinski definition) is 0. The molecule has 8 heteroatoms. The summed E-state index contributed by atoms with van der Waals surface area (Å²) >= 11 is 3.06. The van der Waals surface area contributed by atoms with Gasteiger partial charge in [-0.25, -0.2) is 9.78 Å². The Labute approximate surface area is 176 Å². The maximum atomic E-state index is 13.3. The molecule has 0 aromatic carbocycles. The smallest absolute Gasteiger partial charge is 0.373 e. The number of aryl methyl sites for hydroxylation is 1. The van der Waals surface area contributed by atoms with E-state index in [2.05, 4.69) is 18.2 Å². The number of carbonyl (C=O) groups excluding carboxylic acids is 1. The molecule has 0 amide bonds. The number of allylic oxidation sites excluding steroid dienone is 1. The summed E-state index contributed by atoms with van der Waals surface area (Å²) < 4.78 is 11.9. The molecule has 4 rings (SSSR count). The van der Waals surface area contributed by atoms with Crippen LogP contribution in [0.2, 0.25) is 0 Å². The van der Waals surface area contributed by atoms with Crippen LogP contribution >= 0.6 is 23.1 Å². The van der Waals surface area contributed by atoms with Crippen molar-refractivity contribution in [2.45, 2.75) is 43.6 Å². The molecular formula is C21H22N2O4S2. The van der Waals surface area contributed by atoms with E-state index in [4.69, 9.17) is 9.40 Å². The van der Waals surface area contributed by atoms with Crippen molar-refractivity contribution < 1.29 is 13.9 Å². The molecule has 1 aliphatic rings. The number of methoxy groups -OCH3 is 1. The van der Waals surface area contributed by atoms with Crippen LogP contribution in [0.5, 0.6) is 0 Å². The van der Waals surface area contributed by atoms with Crippen LogP contribution < -0.4 is 5.56 Å². The van der Waals surface area contributed by atoms with Gasteiger partial charge in [0.1, 0.15) is 10.6 Å². The van der Waals surface area contributed by atoms with E-state index in [1.165, 1.54) is 29.3 Å². The maximum absolute atomic E-state index is 13.3. The topological polar surface area (TPSA) is 74.3 Å². The number of ether oxygens (including phenoxy) is 1. The lowest BCUT2D eigenvalue weighted by molar-refractivity contribution is 0.0563. The first-order chi connectivity index (χ1) is 14.0. The van der Waals surface area contributed by atoms with Crippen LogP contribution in [-0.4, -0.2) is 22.6 Å². The number of hydrogen-bond acceptors (Lipinski definition) is 7. The van der Waals surface area contributed by atoms with Crippen molar-refractivity contribution in [3.8, 4) is 0 Å². The Morgan fingerprint density at radius 3 is 3.10 bits per heavy atom. The fraction of sp³-hybridized carbons (Fsp3) is 0.381. The normalized spacial score (nSPS) is 16.0. The third-order valence-electron chi connectivity index (χ3n) is 5.08. The zero-order valence-corrected chi connectivity index (χ0v) is 18.0. The highest BCUT2D eigenvalue weighted by molar-refractivity contribution is 7.98. The lowest BCUT2D eigenvalue weighted by Gasteiger charge is -2.17. The van der Waals surface area contributed by atoms with Crippen LogP contribution in [-0.2, 0) is 29.9 Å². The standard InChI is InChI=1S/C21H22N2O4S2/c1-4-9-23-19(24)17-14-7-5-12(2)10-16(14)29-18(17)22-21(23)28-11-13-6-8-15(27-13)20(25)26-3/h4,6,8,12H,1,5,7,9-11H2,2-3H3/t12-/m0/s1. The van der Waals surface area contributed by atoms with Gasteiger partial charge in [-0.3, -0.25) is 9.36 Å². The van der Waals surface area contributed by atoms with Gasteiger partial charge in [0, 0.05) is 11.4 Å². The number of carbonyl (C=O) groups is 1. The van der Waals surface area contributed by atoms with Crippen LogP contribution in [0.3, 0.4) is 0 Å². The van der Waals surface area contributed by atoms with Gasteiger partial charge in [-0.05, 0) is 42.9 Å². The quantitative estimate of drug-likeness (QED) is 0.249. The van der Waals surface area contributed by atoms with Gasteiger partial charge in [-0.15, -0.1) is 17.9 Å². The predicted octanol–water partition coefficient (Wildman–Crippen LogP) is 4.44. The zero-order valence-electron chi connectivity index (χ0n) is 16.4. The van der Waals surface area contributed by atoms with Gasteiger partial charge >= 0.3 is 5.97 Å². The molecule has 0 aliphatic heterocycles. The van der Waals surface area contributed by atoms with E-state index in [-0.39, 0.29) is 11.3 Å². The first-order valence-electron chi connectivity index (χ1n) is 9.47. The molecule has 29 heavy (non-hydrogen) atoms. The number of thiophene rings is 1. The van der Waals surface area contributed by atoms with Gasteiger partial charge in [-0.2, -0.15) is 0 Å². The van der Waals surface area contributed by atoms with E-state index in [9.17, 15) is 9.59 Å². The Morgan fingerprint density at radius 2 is 2.34 bits per heavy atom. The second-order valence-electron chi connectivity index (χ2n) is 7.18. The second kappa shape index (κ2) is 8.20. The number of rotatable bonds is 6. The number of thioether (sulfide) groups is 1. The van der Waals surface area contributed by atoms with E-state index in [1.807, 2.05) is 0 Å². The van der Waals surface area contributed by atoms with Gasteiger partial charge in [-0.1, -0.05) is 24.8 Å². The number of esters is 1. The van der Waals surface area contributed by atoms with E-state index in [0.717, 1.165) is 29.5 Å². The molecule has 0 N–H and O–H groups in total. The summed E-state index contributed by atoms with van der Waals surface area (Å²) in [6.45, 7) is 6.44. The molecule has 6 nitrogen and oxygen atoms in total. The Bertz CT molecular complexity index is 1140. The van der Waals surface area contributed by atoms with Gasteiger partial charge < -0.3 is 9.15 Å². The molecule has 0 bridgehead atoms. The molecule has 152 valence electrons. The summed E-state index contributed by atoms with van der Waals surface area (Å²) in [5, 5.41) is 1.40. The van der Waals surface area contributed by atoms with Crippen molar-refractivity contribution in [3.05, 3.63) is 57.1 Å². The first kappa shape index (κ1) is 20.0. The van der Waals surface area contributed by atoms with Crippen molar-refractivity contribution in [2.24, 2.45) is 5.92 Å². The zero-order chi connectivity index (χ0) is 20.5. The van der Waals surface area contributed by atoms with Crippen molar-refractivity contribution in [2.75, 3.05) is 7.11 Å². The van der Waals surface area contributed by atoms with Gasteiger partial charge in [0.05, 0.1) is 18.2 Å². The number of furan rings is 1. The fourth-order valence-corrected chi connectivity index (χ4v) is 5.93. The highest BCUT2D eigenvalue weighted by Gasteiger charge is 2.24. The molecular weight excluding hydrogens is 408 g/mol. The lowest BCUT2D eigenvalue weighted by atomic mass is 9.89. The molecule has 1 atom stereocenters. The Hall–Kier alpha value is -2.32. The van der Waals surface area contributed by atoms with E-state index in [1.54, 1.807) is 34.1 Å². The molecule has 3 aromatic rings. The van der Waals surface area contributed by atoms with Crippen LogP contribution in [0.15, 0.2) is 39.2 Å². The van der Waals surface area contributed by atoms with Crippen molar-refractivity contribution in [1.82, 2.24) is 9.55 Å². The molecule has 0 fully saturated rings. The molecule has 0 spiro atoms. The van der Waals surface area contributed by atoms with Gasteiger partial charge in [0.2, 0.25) is 5.76 Å². The fourth-order valence-electron chi connectivity index (χ4n) is 3.61. The molecule has 0 radical (unpaired) electrons. The third kappa shape index (κ3) is 3.79. The van der Waals surface area contributed by atoms with Gasteiger partial charge in [0.25, 0.3) is 5.56 Å². The van der Waals surface area contributed by atoms with Gasteiger partial charge in [0.15, 0.2) is 5.16 Å². The van der Waals surface area contributed by atoms with Crippen molar-refractivity contribution >= 4 is 39.3 Å². The molecule has 0 saturated carbocycles. The highest BCUT2D eigenvalue weighted by atomic mass is 32.2. The Kier molecular flexibility index (Phi) is 5.65. The summed E-state index contributed by atoms with van der Waals surface area (Å²) in [4.78, 5) is 31.8. The second-order valence-corrected chi connectivity index (χ2v) is 9.20. The Balaban J connectivity index is 1.69. The molecule has 0 unspecified atom stereocenters. The minimum Gasteiger partial charge on any atom is -0.463 e. The van der Waals surface area contributed by atoms with Crippen LogP contribution in [0.1, 0.15) is 40.1 Å². The van der Waals surface area contributed by atoms with E-state index in [0.29, 0.717) is 29.1 Å². The monoisotopic (exact) mass is 430 g/mol. The summed E-state index contributed by atoms with van der Waals surface area (Å²) in [6, 6.07) is 3.32. The minimum atomic E-state index is -0.511. The predicted molar refractivity (Wildman–Crippen MR) is 115 cm³/mol. The van der Waals surface area contributed by atoms with Crippen LogP contribution in [0, 0.1) is 5.92 Å². The molecule has 1 aliphatic carbocycles. The van der Waals surface area contributed by atoms with E-state index < -0.39 is 5.97 Å². The number of fused-ring (bicyclic) bond motifs is 3. The first-order valence-corrected chi connectivity index (χ1v) is 11.3. The number of nitrogens with zero attached hydrogens (tertiary/aromatic N) is 2. The maximum Gasteiger partial charge on any atom is 0.373 e. The van der Waals surface area contributed by atoms with Crippen LogP contribution in [0.25, 0.3) is 10.2 Å².